The normalized spacial score (nSPS) is 0. The van der Waals surface area contributed by atoms with Gasteiger partial charge in [0, 0.05) is 75.6 Å². The van der Waals surface area contributed by atoms with Crippen LogP contribution in [0.15, 0.2) is 0 Å². The molecule has 4 heteroatoms. The summed E-state index contributed by atoms with van der Waals surface area (Å²) < 4.78 is 0. The van der Waals surface area contributed by atoms with Gasteiger partial charge < -0.3 is 0 Å². The van der Waals surface area contributed by atoms with Gasteiger partial charge in [0.2, 0.25) is 0 Å². The van der Waals surface area contributed by atoms with Gasteiger partial charge in [0.15, 0.2) is 17.4 Å². The smallest absolute Gasteiger partial charge is 0 e. The summed E-state index contributed by atoms with van der Waals surface area (Å²) in [6.45, 7) is 0. The molecule has 0 fully saturated rings. The van der Waals surface area contributed by atoms with Gasteiger partial charge in [-0.15, -0.1) is 0 Å². The largest absolute Gasteiger partial charge is 0.187 e. The third-order valence-electron chi connectivity index (χ3n) is 0. The number of rotatable bonds is 0. The molecule has 0 atom stereocenters. The van der Waals surface area contributed by atoms with E-state index in [0.29, 0.717) is 0 Å². The Hall–Kier alpha value is 3.06. The molecule has 0 bridgehead atoms. The minimum absolute atomic E-state index is 0. The predicted molar refractivity (Wildman–Crippen MR) is 9.94 cm³/mol. The molecule has 4 heavy (non-hydrogen) atoms. The molecule has 0 radical (unpaired) electrons. The zero-order valence-electron chi connectivity index (χ0n) is 1.71. The van der Waals surface area contributed by atoms with Crippen molar-refractivity contribution in [2.75, 3.05) is 0 Å². The summed E-state index contributed by atoms with van der Waals surface area (Å²) in [4.78, 5) is 0. The van der Waals surface area contributed by atoms with Crippen molar-refractivity contribution in [3.05, 3.63) is 0 Å². The van der Waals surface area contributed by atoms with Crippen LogP contribution in [0.5, 0.6) is 0 Å². The van der Waals surface area contributed by atoms with E-state index >= 15 is 0 Å². The van der Waals surface area contributed by atoms with Gasteiger partial charge in [-0.3, -0.25) is 0 Å². The molecular weight excluding hydrogens is 367 g/mol. The van der Waals surface area contributed by atoms with Crippen LogP contribution in [0.1, 0.15) is 0 Å². The molecular formula is H3AlHgTiZr. The quantitative estimate of drug-likeness (QED) is 0.471. The molecule has 0 nitrogen and oxygen atoms in total. The summed E-state index contributed by atoms with van der Waals surface area (Å²) in [6, 6.07) is 0. The van der Waals surface area contributed by atoms with Gasteiger partial charge in [0.1, 0.15) is 0 Å². The van der Waals surface area contributed by atoms with Crippen LogP contribution >= 0.6 is 0 Å². The standard InChI is InChI=1S/Al.Hg.Ti.Zr.3H. The zero-order valence-corrected chi connectivity index (χ0v) is 11.2. The Labute approximate surface area is 91.1 Å². The second-order valence-electron chi connectivity index (χ2n) is 0. The van der Waals surface area contributed by atoms with E-state index in [2.05, 4.69) is 0 Å². The summed E-state index contributed by atoms with van der Waals surface area (Å²) in [6.07, 6.45) is 0. The van der Waals surface area contributed by atoms with Gasteiger partial charge in [-0.1, -0.05) is 0 Å². The maximum Gasteiger partial charge on any atom is 0.187 e. The van der Waals surface area contributed by atoms with E-state index < -0.39 is 0 Å². The van der Waals surface area contributed by atoms with Crippen LogP contribution in [-0.4, -0.2) is 17.4 Å². The molecule has 0 saturated heterocycles. The molecule has 0 aromatic heterocycles. The maximum absolute atomic E-state index is 0. The summed E-state index contributed by atoms with van der Waals surface area (Å²) in [7, 11) is 0. The number of hydrogen-bond acceptors (Lipinski definition) is 0. The van der Waals surface area contributed by atoms with Gasteiger partial charge in [-0.25, -0.2) is 0 Å². The average Bonchev–Trinajstić information content (AvgIpc) is 0. The topological polar surface area (TPSA) is 0 Å². The minimum Gasteiger partial charge on any atom is 0 e. The molecule has 0 saturated carbocycles. The summed E-state index contributed by atoms with van der Waals surface area (Å²) in [5.74, 6) is 0. The van der Waals surface area contributed by atoms with E-state index in [0.717, 1.165) is 0 Å². The summed E-state index contributed by atoms with van der Waals surface area (Å²) in [5.41, 5.74) is 0. The monoisotopic (exact) mass is 370 g/mol. The average molecular weight is 370 g/mol. The Balaban J connectivity index is 0. The van der Waals surface area contributed by atoms with Crippen molar-refractivity contribution in [2.45, 2.75) is 0 Å². The molecule has 0 spiro atoms. The Morgan fingerprint density at radius 1 is 1.00 bits per heavy atom. The first-order chi connectivity index (χ1) is 0. The van der Waals surface area contributed by atoms with Crippen molar-refractivity contribution in [1.82, 2.24) is 0 Å². The molecule has 0 aliphatic rings. The van der Waals surface area contributed by atoms with Crippen molar-refractivity contribution in [3.63, 3.8) is 0 Å². The second kappa shape index (κ2) is 16.6. The van der Waals surface area contributed by atoms with Gasteiger partial charge in [0.05, 0.1) is 0 Å². The van der Waals surface area contributed by atoms with Crippen molar-refractivity contribution < 1.29 is 75.6 Å². The number of hydrogen-bond donors (Lipinski definition) is 0. The molecule has 0 aromatic rings. The molecule has 0 aliphatic carbocycles. The Morgan fingerprint density at radius 3 is 1.00 bits per heavy atom. The molecule has 0 amide bonds. The van der Waals surface area contributed by atoms with Gasteiger partial charge in [0.25, 0.3) is 0 Å². The van der Waals surface area contributed by atoms with E-state index in [1.807, 2.05) is 0 Å². The van der Waals surface area contributed by atoms with Crippen LogP contribution in [0, 0.1) is 0 Å². The predicted octanol–water partition coefficient (Wildman–Crippen LogP) is -1.19. The molecule has 0 rings (SSSR count). The summed E-state index contributed by atoms with van der Waals surface area (Å²) in [5, 5.41) is 0. The third kappa shape index (κ3) is 8.91. The van der Waals surface area contributed by atoms with E-state index in [1.165, 1.54) is 0 Å². The van der Waals surface area contributed by atoms with Crippen LogP contribution in [0.25, 0.3) is 0 Å². The summed E-state index contributed by atoms with van der Waals surface area (Å²) >= 11 is 0. The molecule has 0 aromatic carbocycles. The van der Waals surface area contributed by atoms with Gasteiger partial charge in [-0.2, -0.15) is 0 Å². The molecule has 0 heterocycles. The Morgan fingerprint density at radius 2 is 1.00 bits per heavy atom. The molecule has 16 valence electrons. The fourth-order valence-corrected chi connectivity index (χ4v) is 0. The fraction of sp³-hybridized carbons (Fsp3) is 0. The maximum atomic E-state index is 0. The second-order valence-corrected chi connectivity index (χ2v) is 0. The van der Waals surface area contributed by atoms with E-state index in [-0.39, 0.29) is 93.0 Å². The van der Waals surface area contributed by atoms with E-state index in [9.17, 15) is 0 Å². The molecule has 0 N–H and O–H groups in total. The Kier molecular flexibility index (Phi) is 115. The Bertz CT molecular complexity index is 8.00. The zero-order chi connectivity index (χ0) is 0. The van der Waals surface area contributed by atoms with E-state index in [1.54, 1.807) is 0 Å². The third-order valence-corrected chi connectivity index (χ3v) is 0. The SMILES string of the molecule is [AlH3].[Hg].[Ti].[Zr]. The minimum atomic E-state index is 0. The first-order valence-corrected chi connectivity index (χ1v) is 0. The van der Waals surface area contributed by atoms with Gasteiger partial charge in [-0.05, 0) is 0 Å². The van der Waals surface area contributed by atoms with Crippen LogP contribution in [0.2, 0.25) is 0 Å². The van der Waals surface area contributed by atoms with Crippen LogP contribution in [0.4, 0.5) is 0 Å². The molecule has 0 aliphatic heterocycles. The van der Waals surface area contributed by atoms with Crippen molar-refractivity contribution in [2.24, 2.45) is 0 Å². The van der Waals surface area contributed by atoms with Crippen molar-refractivity contribution >= 4 is 17.4 Å². The first-order valence-electron chi connectivity index (χ1n) is 0. The first kappa shape index (κ1) is 27.7. The van der Waals surface area contributed by atoms with Crippen molar-refractivity contribution in [1.29, 1.82) is 0 Å². The fourth-order valence-electron chi connectivity index (χ4n) is 0. The van der Waals surface area contributed by atoms with Gasteiger partial charge >= 0.3 is 0 Å². The van der Waals surface area contributed by atoms with Crippen LogP contribution in [0.3, 0.4) is 0 Å². The molecule has 0 unspecified atom stereocenters. The van der Waals surface area contributed by atoms with Crippen LogP contribution in [-0.2, 0) is 75.6 Å². The van der Waals surface area contributed by atoms with Crippen LogP contribution < -0.4 is 0 Å². The van der Waals surface area contributed by atoms with Crippen molar-refractivity contribution in [3.8, 4) is 0 Å². The van der Waals surface area contributed by atoms with E-state index in [4.69, 9.17) is 0 Å².